The molecule has 0 aliphatic rings. The molecule has 4 heteroatoms. The van der Waals surface area contributed by atoms with Gasteiger partial charge >= 0.3 is 0 Å². The van der Waals surface area contributed by atoms with Crippen molar-refractivity contribution in [2.75, 3.05) is 13.1 Å². The molecule has 3 nitrogen and oxygen atoms in total. The number of carbonyl (C=O) groups excluding carboxylic acids is 1. The number of alkyl halides is 1. The van der Waals surface area contributed by atoms with E-state index in [4.69, 9.17) is 4.42 Å². The van der Waals surface area contributed by atoms with Gasteiger partial charge in [0.05, 0.1) is 5.33 Å². The monoisotopic (exact) mass is 259 g/mol. The summed E-state index contributed by atoms with van der Waals surface area (Å²) in [5.41, 5.74) is 0. The van der Waals surface area contributed by atoms with Crippen LogP contribution in [0.15, 0.2) is 16.5 Å². The predicted octanol–water partition coefficient (Wildman–Crippen LogP) is 2.66. The van der Waals surface area contributed by atoms with Crippen molar-refractivity contribution >= 4 is 21.8 Å². The molecule has 0 radical (unpaired) electrons. The van der Waals surface area contributed by atoms with E-state index < -0.39 is 0 Å². The molecule has 0 saturated heterocycles. The molecule has 0 N–H and O–H groups in total. The van der Waals surface area contributed by atoms with Gasteiger partial charge in [0.25, 0.3) is 5.91 Å². The van der Waals surface area contributed by atoms with E-state index in [1.807, 2.05) is 19.9 Å². The molecule has 0 aromatic carbocycles. The van der Waals surface area contributed by atoms with Gasteiger partial charge < -0.3 is 9.32 Å². The molecule has 1 amide bonds. The fourth-order valence-electron chi connectivity index (χ4n) is 1.23. The minimum Gasteiger partial charge on any atom is -0.455 e. The highest BCUT2D eigenvalue weighted by atomic mass is 79.9. The van der Waals surface area contributed by atoms with Crippen molar-refractivity contribution in [3.8, 4) is 0 Å². The zero-order valence-corrected chi connectivity index (χ0v) is 10.0. The van der Waals surface area contributed by atoms with Crippen molar-refractivity contribution < 1.29 is 9.21 Å². The Morgan fingerprint density at radius 3 is 2.50 bits per heavy atom. The zero-order chi connectivity index (χ0) is 10.6. The molecule has 0 aliphatic heterocycles. The largest absolute Gasteiger partial charge is 0.455 e. The molecule has 1 rings (SSSR count). The Hall–Kier alpha value is -0.770. The quantitative estimate of drug-likeness (QED) is 0.780. The Morgan fingerprint density at radius 1 is 1.43 bits per heavy atom. The number of halogens is 1. The van der Waals surface area contributed by atoms with Gasteiger partial charge in [0.2, 0.25) is 0 Å². The maximum Gasteiger partial charge on any atom is 0.289 e. The van der Waals surface area contributed by atoms with Crippen molar-refractivity contribution in [1.82, 2.24) is 4.90 Å². The number of amides is 1. The molecule has 0 aliphatic carbocycles. The molecule has 0 spiro atoms. The van der Waals surface area contributed by atoms with Crippen LogP contribution in [-0.4, -0.2) is 23.9 Å². The lowest BCUT2D eigenvalue weighted by atomic mass is 10.3. The summed E-state index contributed by atoms with van der Waals surface area (Å²) in [5, 5.41) is 0.637. The lowest BCUT2D eigenvalue weighted by molar-refractivity contribution is 0.0739. The van der Waals surface area contributed by atoms with E-state index in [-0.39, 0.29) is 5.91 Å². The molecule has 0 saturated carbocycles. The highest BCUT2D eigenvalue weighted by molar-refractivity contribution is 9.08. The molecular formula is C10H14BrNO2. The molecule has 1 heterocycles. The Labute approximate surface area is 92.2 Å². The molecule has 1 aromatic heterocycles. The van der Waals surface area contributed by atoms with Crippen molar-refractivity contribution in [3.63, 3.8) is 0 Å². The molecule has 1 aromatic rings. The average molecular weight is 260 g/mol. The van der Waals surface area contributed by atoms with Crippen LogP contribution >= 0.6 is 15.9 Å². The number of nitrogens with zero attached hydrogens (tertiary/aromatic N) is 1. The van der Waals surface area contributed by atoms with E-state index in [0.717, 1.165) is 5.76 Å². The summed E-state index contributed by atoms with van der Waals surface area (Å²) in [6.07, 6.45) is 0. The number of hydrogen-bond donors (Lipinski definition) is 0. The molecule has 0 fully saturated rings. The van der Waals surface area contributed by atoms with E-state index in [1.54, 1.807) is 11.0 Å². The smallest absolute Gasteiger partial charge is 0.289 e. The van der Waals surface area contributed by atoms with Gasteiger partial charge in [0.1, 0.15) is 5.76 Å². The lowest BCUT2D eigenvalue weighted by Crippen LogP contribution is -2.30. The molecule has 0 atom stereocenters. The van der Waals surface area contributed by atoms with Crippen molar-refractivity contribution in [2.24, 2.45) is 0 Å². The van der Waals surface area contributed by atoms with Gasteiger partial charge in [-0.1, -0.05) is 15.9 Å². The topological polar surface area (TPSA) is 33.5 Å². The third-order valence-corrected chi connectivity index (χ3v) is 2.61. The Morgan fingerprint density at radius 2 is 2.07 bits per heavy atom. The van der Waals surface area contributed by atoms with E-state index in [2.05, 4.69) is 15.9 Å². The van der Waals surface area contributed by atoms with Gasteiger partial charge in [0.15, 0.2) is 5.76 Å². The summed E-state index contributed by atoms with van der Waals surface area (Å²) in [7, 11) is 0. The van der Waals surface area contributed by atoms with Crippen LogP contribution in [0.2, 0.25) is 0 Å². The lowest BCUT2D eigenvalue weighted by Gasteiger charge is -2.16. The SMILES string of the molecule is CCN(CC)C(=O)c1ccc(CBr)o1. The minimum atomic E-state index is -0.0396. The molecule has 0 unspecified atom stereocenters. The number of carbonyl (C=O) groups is 1. The van der Waals surface area contributed by atoms with Gasteiger partial charge in [-0.05, 0) is 26.0 Å². The standard InChI is InChI=1S/C10H14BrNO2/c1-3-12(4-2)10(13)9-6-5-8(7-11)14-9/h5-6H,3-4,7H2,1-2H3. The zero-order valence-electron chi connectivity index (χ0n) is 8.42. The van der Waals surface area contributed by atoms with Crippen LogP contribution in [0.25, 0.3) is 0 Å². The van der Waals surface area contributed by atoms with Crippen LogP contribution in [0, 0.1) is 0 Å². The first-order valence-electron chi connectivity index (χ1n) is 4.66. The summed E-state index contributed by atoms with van der Waals surface area (Å²) in [6.45, 7) is 5.32. The highest BCUT2D eigenvalue weighted by Gasteiger charge is 2.15. The summed E-state index contributed by atoms with van der Waals surface area (Å²) >= 11 is 3.27. The highest BCUT2D eigenvalue weighted by Crippen LogP contribution is 2.13. The Bertz CT molecular complexity index is 305. The second kappa shape index (κ2) is 5.20. The van der Waals surface area contributed by atoms with Gasteiger partial charge in [-0.15, -0.1) is 0 Å². The van der Waals surface area contributed by atoms with Crippen LogP contribution in [-0.2, 0) is 5.33 Å². The van der Waals surface area contributed by atoms with Gasteiger partial charge in [-0.3, -0.25) is 4.79 Å². The fraction of sp³-hybridized carbons (Fsp3) is 0.500. The van der Waals surface area contributed by atoms with Crippen LogP contribution in [0.1, 0.15) is 30.2 Å². The maximum atomic E-state index is 11.8. The van der Waals surface area contributed by atoms with E-state index in [1.165, 1.54) is 0 Å². The number of rotatable bonds is 4. The number of furan rings is 1. The average Bonchev–Trinajstić information content (AvgIpc) is 2.67. The Kier molecular flexibility index (Phi) is 4.20. The first-order chi connectivity index (χ1) is 6.72. The van der Waals surface area contributed by atoms with Gasteiger partial charge in [-0.2, -0.15) is 0 Å². The number of hydrogen-bond acceptors (Lipinski definition) is 2. The molecular weight excluding hydrogens is 246 g/mol. The Balaban J connectivity index is 2.77. The molecule has 78 valence electrons. The van der Waals surface area contributed by atoms with E-state index >= 15 is 0 Å². The predicted molar refractivity (Wildman–Crippen MR) is 58.6 cm³/mol. The fourth-order valence-corrected chi connectivity index (χ4v) is 1.53. The van der Waals surface area contributed by atoms with Gasteiger partial charge in [-0.25, -0.2) is 0 Å². The first-order valence-corrected chi connectivity index (χ1v) is 5.79. The van der Waals surface area contributed by atoms with Gasteiger partial charge in [0, 0.05) is 13.1 Å². The summed E-state index contributed by atoms with van der Waals surface area (Å²) in [6, 6.07) is 3.53. The summed E-state index contributed by atoms with van der Waals surface area (Å²) in [4.78, 5) is 13.5. The third-order valence-electron chi connectivity index (χ3n) is 2.05. The van der Waals surface area contributed by atoms with Crippen molar-refractivity contribution in [2.45, 2.75) is 19.2 Å². The second-order valence-corrected chi connectivity index (χ2v) is 3.44. The minimum absolute atomic E-state index is 0.0396. The van der Waals surface area contributed by atoms with Crippen LogP contribution < -0.4 is 0 Å². The molecule has 14 heavy (non-hydrogen) atoms. The van der Waals surface area contributed by atoms with Crippen LogP contribution in [0.3, 0.4) is 0 Å². The molecule has 0 bridgehead atoms. The maximum absolute atomic E-state index is 11.8. The second-order valence-electron chi connectivity index (χ2n) is 2.88. The summed E-state index contributed by atoms with van der Waals surface area (Å²) in [5.74, 6) is 1.16. The van der Waals surface area contributed by atoms with Crippen molar-refractivity contribution in [1.29, 1.82) is 0 Å². The van der Waals surface area contributed by atoms with Crippen LogP contribution in [0.4, 0.5) is 0 Å². The van der Waals surface area contributed by atoms with Crippen LogP contribution in [0.5, 0.6) is 0 Å². The van der Waals surface area contributed by atoms with Crippen molar-refractivity contribution in [3.05, 3.63) is 23.7 Å². The van der Waals surface area contributed by atoms with E-state index in [0.29, 0.717) is 24.2 Å². The first kappa shape index (κ1) is 11.3. The summed E-state index contributed by atoms with van der Waals surface area (Å²) < 4.78 is 5.34. The third kappa shape index (κ3) is 2.38. The van der Waals surface area contributed by atoms with E-state index in [9.17, 15) is 4.79 Å². The normalized spacial score (nSPS) is 10.2.